The summed E-state index contributed by atoms with van der Waals surface area (Å²) in [5.74, 6) is 2.75. The number of halogens is 1. The third kappa shape index (κ3) is 5.84. The number of rotatable bonds is 9. The molecule has 1 unspecified atom stereocenters. The molecule has 37 heavy (non-hydrogen) atoms. The van der Waals surface area contributed by atoms with Crippen LogP contribution in [-0.2, 0) is 6.54 Å². The number of hydrogen-bond donors (Lipinski definition) is 0. The fourth-order valence-corrected chi connectivity index (χ4v) is 5.59. The van der Waals surface area contributed by atoms with Crippen LogP contribution in [0.15, 0.2) is 42.5 Å². The van der Waals surface area contributed by atoms with Crippen LogP contribution in [-0.4, -0.2) is 77.5 Å². The Bertz CT molecular complexity index is 1110. The summed E-state index contributed by atoms with van der Waals surface area (Å²) in [6, 6.07) is 15.0. The van der Waals surface area contributed by atoms with Crippen LogP contribution < -0.4 is 14.2 Å². The van der Waals surface area contributed by atoms with Gasteiger partial charge in [0.15, 0.2) is 17.3 Å². The molecule has 1 aliphatic heterocycles. The second-order valence-corrected chi connectivity index (χ2v) is 9.58. The smallest absolute Gasteiger partial charge is 0.203 e. The summed E-state index contributed by atoms with van der Waals surface area (Å²) >= 11 is 0. The molecule has 3 aromatic rings. The molecule has 0 bridgehead atoms. The lowest BCUT2D eigenvalue weighted by Gasteiger charge is -2.39. The lowest BCUT2D eigenvalue weighted by molar-refractivity contribution is 0.0991. The van der Waals surface area contributed by atoms with Gasteiger partial charge in [-0.05, 0) is 46.5 Å². The van der Waals surface area contributed by atoms with Crippen LogP contribution in [0.1, 0.15) is 54.7 Å². The van der Waals surface area contributed by atoms with Crippen molar-refractivity contribution in [2.45, 2.75) is 44.3 Å². The van der Waals surface area contributed by atoms with Crippen LogP contribution in [0.4, 0.5) is 0 Å². The van der Waals surface area contributed by atoms with Crippen molar-refractivity contribution in [1.29, 1.82) is 0 Å². The van der Waals surface area contributed by atoms with Gasteiger partial charge < -0.3 is 14.2 Å². The summed E-state index contributed by atoms with van der Waals surface area (Å²) in [7, 11) is 4.94. The fraction of sp³-hybridized carbons (Fsp3) is 0.519. The van der Waals surface area contributed by atoms with Crippen molar-refractivity contribution >= 4 is 12.4 Å². The normalized spacial score (nSPS) is 17.8. The molecular formula is C27H37ClN6O3. The van der Waals surface area contributed by atoms with Crippen molar-refractivity contribution in [3.63, 3.8) is 0 Å². The van der Waals surface area contributed by atoms with Gasteiger partial charge in [-0.25, -0.2) is 4.68 Å². The Hall–Kier alpha value is -2.88. The fourth-order valence-electron chi connectivity index (χ4n) is 5.59. The highest BCUT2D eigenvalue weighted by atomic mass is 35.5. The van der Waals surface area contributed by atoms with Gasteiger partial charge in [0.2, 0.25) is 5.75 Å². The minimum absolute atomic E-state index is 0. The van der Waals surface area contributed by atoms with Crippen molar-refractivity contribution in [3.05, 3.63) is 59.4 Å². The first-order valence-electron chi connectivity index (χ1n) is 12.8. The van der Waals surface area contributed by atoms with E-state index < -0.39 is 0 Å². The lowest BCUT2D eigenvalue weighted by Crippen LogP contribution is -2.48. The highest BCUT2D eigenvalue weighted by Gasteiger charge is 2.34. The summed E-state index contributed by atoms with van der Waals surface area (Å²) < 4.78 is 19.1. The number of nitrogens with zero attached hydrogens (tertiary/aromatic N) is 6. The van der Waals surface area contributed by atoms with Crippen molar-refractivity contribution in [3.8, 4) is 17.2 Å². The van der Waals surface area contributed by atoms with Crippen LogP contribution in [0.25, 0.3) is 0 Å². The minimum atomic E-state index is -0.117. The Morgan fingerprint density at radius 2 is 1.54 bits per heavy atom. The molecule has 1 aliphatic carbocycles. The van der Waals surface area contributed by atoms with Gasteiger partial charge in [0.1, 0.15) is 0 Å². The van der Waals surface area contributed by atoms with E-state index in [2.05, 4.69) is 60.3 Å². The predicted octanol–water partition coefficient (Wildman–Crippen LogP) is 4.14. The molecule has 0 spiro atoms. The zero-order valence-electron chi connectivity index (χ0n) is 21.9. The van der Waals surface area contributed by atoms with Crippen molar-refractivity contribution in [1.82, 2.24) is 30.0 Å². The molecule has 1 atom stereocenters. The van der Waals surface area contributed by atoms with Crippen molar-refractivity contribution < 1.29 is 14.2 Å². The van der Waals surface area contributed by atoms with Crippen LogP contribution in [0.5, 0.6) is 17.2 Å². The maximum Gasteiger partial charge on any atom is 0.203 e. The van der Waals surface area contributed by atoms with E-state index in [4.69, 9.17) is 14.2 Å². The van der Waals surface area contributed by atoms with Gasteiger partial charge in [-0.15, -0.1) is 17.5 Å². The van der Waals surface area contributed by atoms with Crippen molar-refractivity contribution in [2.24, 2.45) is 0 Å². The molecule has 2 aromatic carbocycles. The second-order valence-electron chi connectivity index (χ2n) is 9.58. The predicted molar refractivity (Wildman–Crippen MR) is 144 cm³/mol. The van der Waals surface area contributed by atoms with Crippen LogP contribution in [0.3, 0.4) is 0 Å². The van der Waals surface area contributed by atoms with Gasteiger partial charge in [0, 0.05) is 32.7 Å². The number of methoxy groups -OCH3 is 3. The zero-order chi connectivity index (χ0) is 24.9. The topological polar surface area (TPSA) is 77.8 Å². The average Bonchev–Trinajstić information content (AvgIpc) is 3.62. The molecule has 1 saturated carbocycles. The van der Waals surface area contributed by atoms with Crippen LogP contribution >= 0.6 is 12.4 Å². The number of piperazine rings is 1. The lowest BCUT2D eigenvalue weighted by atomic mass is 10.0. The first-order chi connectivity index (χ1) is 17.7. The Morgan fingerprint density at radius 3 is 2.14 bits per heavy atom. The quantitative estimate of drug-likeness (QED) is 0.410. The molecule has 2 fully saturated rings. The Morgan fingerprint density at radius 1 is 0.892 bits per heavy atom. The van der Waals surface area contributed by atoms with E-state index in [1.54, 1.807) is 21.3 Å². The van der Waals surface area contributed by atoms with Gasteiger partial charge in [-0.3, -0.25) is 9.80 Å². The van der Waals surface area contributed by atoms with Crippen molar-refractivity contribution in [2.75, 3.05) is 47.5 Å². The molecule has 0 N–H and O–H groups in total. The summed E-state index contributed by atoms with van der Waals surface area (Å²) in [6.07, 6.45) is 4.67. The molecule has 5 rings (SSSR count). The van der Waals surface area contributed by atoms with Gasteiger partial charge in [-0.2, -0.15) is 0 Å². The monoisotopic (exact) mass is 528 g/mol. The first kappa shape index (κ1) is 27.2. The molecule has 0 amide bonds. The standard InChI is InChI=1S/C27H36N6O3.ClH/c1-34-23-17-21(18-24(35-2)26(23)36-3)25(27-28-29-30-33(27)22-11-7-8-12-22)32-15-13-31(14-16-32)19-20-9-5-4-6-10-20;/h4-6,9-10,17-18,22,25H,7-8,11-16,19H2,1-3H3;1H. The molecule has 2 aliphatic rings. The summed E-state index contributed by atoms with van der Waals surface area (Å²) in [6.45, 7) is 4.72. The van der Waals surface area contributed by atoms with E-state index in [0.29, 0.717) is 23.3 Å². The SMILES string of the molecule is COc1cc(C(c2nnnn2C2CCCC2)N2CCN(Cc3ccccc3)CC2)cc(OC)c1OC.Cl. The van der Waals surface area contributed by atoms with E-state index >= 15 is 0 Å². The Balaban J connectivity index is 0.00000320. The summed E-state index contributed by atoms with van der Waals surface area (Å²) in [4.78, 5) is 5.00. The van der Waals surface area contributed by atoms with Gasteiger partial charge >= 0.3 is 0 Å². The number of ether oxygens (including phenoxy) is 3. The molecule has 200 valence electrons. The average molecular weight is 529 g/mol. The van der Waals surface area contributed by atoms with E-state index in [1.807, 2.05) is 12.1 Å². The highest BCUT2D eigenvalue weighted by Crippen LogP contribution is 2.43. The molecular weight excluding hydrogens is 492 g/mol. The van der Waals surface area contributed by atoms with Crippen LogP contribution in [0.2, 0.25) is 0 Å². The first-order valence-corrected chi connectivity index (χ1v) is 12.8. The van der Waals surface area contributed by atoms with Gasteiger partial charge in [-0.1, -0.05) is 43.2 Å². The molecule has 2 heterocycles. The summed E-state index contributed by atoms with van der Waals surface area (Å²) in [5.41, 5.74) is 2.38. The molecule has 9 nitrogen and oxygen atoms in total. The third-order valence-electron chi connectivity index (χ3n) is 7.46. The maximum absolute atomic E-state index is 5.70. The number of benzene rings is 2. The van der Waals surface area contributed by atoms with Crippen LogP contribution in [0, 0.1) is 0 Å². The van der Waals surface area contributed by atoms with E-state index in [1.165, 1.54) is 18.4 Å². The molecule has 1 saturated heterocycles. The Labute approximate surface area is 225 Å². The van der Waals surface area contributed by atoms with Gasteiger partial charge in [0.25, 0.3) is 0 Å². The molecule has 0 radical (unpaired) electrons. The molecule has 10 heteroatoms. The van der Waals surface area contributed by atoms with E-state index in [0.717, 1.165) is 57.0 Å². The van der Waals surface area contributed by atoms with E-state index in [9.17, 15) is 0 Å². The third-order valence-corrected chi connectivity index (χ3v) is 7.46. The maximum atomic E-state index is 5.70. The minimum Gasteiger partial charge on any atom is -0.493 e. The Kier molecular flexibility index (Phi) is 9.23. The second kappa shape index (κ2) is 12.6. The molecule has 1 aromatic heterocycles. The van der Waals surface area contributed by atoms with Gasteiger partial charge in [0.05, 0.1) is 33.4 Å². The summed E-state index contributed by atoms with van der Waals surface area (Å²) in [5, 5.41) is 13.2. The number of aromatic nitrogens is 4. The zero-order valence-corrected chi connectivity index (χ0v) is 22.7. The van der Waals surface area contributed by atoms with E-state index in [-0.39, 0.29) is 18.4 Å². The number of tetrazole rings is 1. The largest absolute Gasteiger partial charge is 0.493 e. The number of hydrogen-bond acceptors (Lipinski definition) is 8. The highest BCUT2D eigenvalue weighted by molar-refractivity contribution is 5.85.